The molecule has 28 heavy (non-hydrogen) atoms. The quantitative estimate of drug-likeness (QED) is 0.490. The summed E-state index contributed by atoms with van der Waals surface area (Å²) in [6.45, 7) is 1.59. The van der Waals surface area contributed by atoms with Crippen LogP contribution in [0.15, 0.2) is 53.3 Å². The number of hydrogen-bond acceptors (Lipinski definition) is 4. The fourth-order valence-electron chi connectivity index (χ4n) is 2.57. The first kappa shape index (κ1) is 19.0. The lowest BCUT2D eigenvalue weighted by atomic mass is 10.2. The molecule has 8 nitrogen and oxygen atoms in total. The third-order valence-electron chi connectivity index (χ3n) is 4.08. The van der Waals surface area contributed by atoms with E-state index >= 15 is 0 Å². The molecule has 0 aliphatic carbocycles. The van der Waals surface area contributed by atoms with E-state index in [-0.39, 0.29) is 17.5 Å². The Labute approximate surface area is 160 Å². The number of aromatic nitrogens is 2. The Kier molecular flexibility index (Phi) is 5.59. The van der Waals surface area contributed by atoms with Gasteiger partial charge in [-0.25, -0.2) is 4.79 Å². The number of nitrogens with one attached hydrogen (secondary N) is 4. The van der Waals surface area contributed by atoms with Crippen LogP contribution in [0.4, 0.5) is 5.69 Å². The van der Waals surface area contributed by atoms with E-state index in [1.165, 1.54) is 6.08 Å². The first-order chi connectivity index (χ1) is 13.4. The molecule has 1 unspecified atom stereocenters. The number of benzene rings is 2. The molecule has 0 aliphatic rings. The maximum absolute atomic E-state index is 12.3. The Morgan fingerprint density at radius 3 is 2.50 bits per heavy atom. The number of H-pyrrole nitrogens is 2. The molecule has 0 saturated heterocycles. The minimum absolute atomic E-state index is 0.317. The number of carbonyl (C=O) groups is 2. The highest BCUT2D eigenvalue weighted by Gasteiger charge is 2.14. The van der Waals surface area contributed by atoms with Gasteiger partial charge in [0.1, 0.15) is 11.8 Å². The predicted molar refractivity (Wildman–Crippen MR) is 107 cm³/mol. The molecule has 0 fully saturated rings. The van der Waals surface area contributed by atoms with Gasteiger partial charge in [0.2, 0.25) is 11.8 Å². The van der Waals surface area contributed by atoms with Crippen LogP contribution in [0.3, 0.4) is 0 Å². The molecule has 4 N–H and O–H groups in total. The van der Waals surface area contributed by atoms with Crippen LogP contribution in [-0.4, -0.2) is 34.9 Å². The zero-order valence-corrected chi connectivity index (χ0v) is 15.4. The van der Waals surface area contributed by atoms with Crippen molar-refractivity contribution in [3.8, 4) is 5.75 Å². The molecule has 1 aromatic heterocycles. The number of carbonyl (C=O) groups excluding carboxylic acids is 2. The van der Waals surface area contributed by atoms with Crippen molar-refractivity contribution in [2.24, 2.45) is 0 Å². The molecule has 0 bridgehead atoms. The molecule has 0 saturated carbocycles. The van der Waals surface area contributed by atoms with E-state index in [4.69, 9.17) is 4.74 Å². The lowest BCUT2D eigenvalue weighted by Crippen LogP contribution is -2.40. The molecule has 2 amide bonds. The number of anilines is 1. The average molecular weight is 380 g/mol. The maximum atomic E-state index is 12.3. The summed E-state index contributed by atoms with van der Waals surface area (Å²) >= 11 is 0. The zero-order chi connectivity index (χ0) is 20.1. The monoisotopic (exact) mass is 380 g/mol. The van der Waals surface area contributed by atoms with Gasteiger partial charge in [0.15, 0.2) is 0 Å². The highest BCUT2D eigenvalue weighted by molar-refractivity contribution is 6.00. The number of methoxy groups -OCH3 is 1. The van der Waals surface area contributed by atoms with Crippen LogP contribution < -0.4 is 21.1 Å². The molecule has 0 spiro atoms. The molecule has 144 valence electrons. The van der Waals surface area contributed by atoms with Gasteiger partial charge in [0.25, 0.3) is 0 Å². The number of imidazole rings is 1. The Morgan fingerprint density at radius 2 is 1.79 bits per heavy atom. The summed E-state index contributed by atoms with van der Waals surface area (Å²) in [6.07, 6.45) is 3.01. The largest absolute Gasteiger partial charge is 0.497 e. The highest BCUT2D eigenvalue weighted by Crippen LogP contribution is 2.15. The topological polar surface area (TPSA) is 116 Å². The third-order valence-corrected chi connectivity index (χ3v) is 4.08. The van der Waals surface area contributed by atoms with Gasteiger partial charge >= 0.3 is 5.69 Å². The van der Waals surface area contributed by atoms with Gasteiger partial charge in [-0.15, -0.1) is 0 Å². The van der Waals surface area contributed by atoms with Crippen LogP contribution in [0, 0.1) is 0 Å². The molecule has 2 aromatic carbocycles. The van der Waals surface area contributed by atoms with Crippen LogP contribution >= 0.6 is 0 Å². The van der Waals surface area contributed by atoms with Crippen molar-refractivity contribution < 1.29 is 14.3 Å². The Bertz CT molecular complexity index is 1080. The molecular formula is C20H20N4O4. The molecule has 8 heteroatoms. The van der Waals surface area contributed by atoms with Crippen LogP contribution in [0.2, 0.25) is 0 Å². The molecule has 0 aliphatic heterocycles. The fraction of sp³-hybridized carbons (Fsp3) is 0.150. The van der Waals surface area contributed by atoms with Crippen molar-refractivity contribution in [2.75, 3.05) is 12.4 Å². The minimum atomic E-state index is -0.742. The second-order valence-corrected chi connectivity index (χ2v) is 6.17. The summed E-state index contributed by atoms with van der Waals surface area (Å²) in [5.41, 5.74) is 2.27. The first-order valence-electron chi connectivity index (χ1n) is 8.60. The first-order valence-corrected chi connectivity index (χ1v) is 8.60. The van der Waals surface area contributed by atoms with Crippen molar-refractivity contribution in [2.45, 2.75) is 13.0 Å². The summed E-state index contributed by atoms with van der Waals surface area (Å²) in [6, 6.07) is 11.5. The van der Waals surface area contributed by atoms with Gasteiger partial charge in [-0.1, -0.05) is 12.1 Å². The summed E-state index contributed by atoms with van der Waals surface area (Å²) in [5.74, 6) is -0.0267. The van der Waals surface area contributed by atoms with Crippen LogP contribution in [0.1, 0.15) is 12.5 Å². The van der Waals surface area contributed by atoms with Crippen LogP contribution in [0.25, 0.3) is 17.1 Å². The molecule has 1 atom stereocenters. The second kappa shape index (κ2) is 8.26. The Balaban J connectivity index is 1.56. The van der Waals surface area contributed by atoms with Gasteiger partial charge in [0, 0.05) is 11.8 Å². The number of hydrogen-bond donors (Lipinski definition) is 4. The molecule has 3 rings (SSSR count). The minimum Gasteiger partial charge on any atom is -0.497 e. The van der Waals surface area contributed by atoms with E-state index < -0.39 is 6.04 Å². The lowest BCUT2D eigenvalue weighted by Gasteiger charge is -2.13. The van der Waals surface area contributed by atoms with Gasteiger partial charge < -0.3 is 25.3 Å². The van der Waals surface area contributed by atoms with Crippen molar-refractivity contribution in [3.63, 3.8) is 0 Å². The Hall–Kier alpha value is -3.81. The Morgan fingerprint density at radius 1 is 1.07 bits per heavy atom. The van der Waals surface area contributed by atoms with Crippen molar-refractivity contribution in [1.82, 2.24) is 15.3 Å². The number of aromatic amines is 2. The third kappa shape index (κ3) is 4.67. The second-order valence-electron chi connectivity index (χ2n) is 6.17. The molecular weight excluding hydrogens is 360 g/mol. The van der Waals surface area contributed by atoms with Crippen molar-refractivity contribution >= 4 is 34.6 Å². The van der Waals surface area contributed by atoms with Gasteiger partial charge in [-0.2, -0.15) is 0 Å². The van der Waals surface area contributed by atoms with Crippen LogP contribution in [0.5, 0.6) is 5.75 Å². The standard InChI is InChI=1S/C20H20N4O4/c1-12(21-18(25)10-5-13-3-7-15(28-2)8-4-13)19(26)22-14-6-9-16-17(11-14)24-20(27)23-16/h3-12H,1-2H3,(H,21,25)(H,22,26)(H2,23,24,27)/b10-5+. The molecule has 0 radical (unpaired) electrons. The summed E-state index contributed by atoms with van der Waals surface area (Å²) < 4.78 is 5.08. The maximum Gasteiger partial charge on any atom is 0.323 e. The van der Waals surface area contributed by atoms with E-state index in [1.54, 1.807) is 50.4 Å². The summed E-state index contributed by atoms with van der Waals surface area (Å²) in [7, 11) is 1.58. The summed E-state index contributed by atoms with van der Waals surface area (Å²) in [5, 5.41) is 5.31. The van der Waals surface area contributed by atoms with E-state index in [2.05, 4.69) is 20.6 Å². The van der Waals surface area contributed by atoms with E-state index in [0.29, 0.717) is 16.7 Å². The smallest absolute Gasteiger partial charge is 0.323 e. The SMILES string of the molecule is COc1ccc(/C=C/C(=O)NC(C)C(=O)Nc2ccc3[nH]c(=O)[nH]c3c2)cc1. The normalized spacial score (nSPS) is 12.1. The average Bonchev–Trinajstić information content (AvgIpc) is 3.06. The van der Waals surface area contributed by atoms with E-state index in [9.17, 15) is 14.4 Å². The number of amides is 2. The number of ether oxygens (including phenoxy) is 1. The van der Waals surface area contributed by atoms with E-state index in [0.717, 1.165) is 11.3 Å². The van der Waals surface area contributed by atoms with Gasteiger partial charge in [0.05, 0.1) is 18.1 Å². The highest BCUT2D eigenvalue weighted by atomic mass is 16.5. The predicted octanol–water partition coefficient (Wildman–Crippen LogP) is 2.02. The number of rotatable bonds is 6. The fourth-order valence-corrected chi connectivity index (χ4v) is 2.57. The van der Waals surface area contributed by atoms with Crippen molar-refractivity contribution in [3.05, 3.63) is 64.6 Å². The molecule has 1 heterocycles. The van der Waals surface area contributed by atoms with Crippen molar-refractivity contribution in [1.29, 1.82) is 0 Å². The lowest BCUT2D eigenvalue weighted by molar-refractivity contribution is -0.123. The van der Waals surface area contributed by atoms with Crippen LogP contribution in [-0.2, 0) is 9.59 Å². The summed E-state index contributed by atoms with van der Waals surface area (Å²) in [4.78, 5) is 40.9. The van der Waals surface area contributed by atoms with E-state index in [1.807, 2.05) is 12.1 Å². The zero-order valence-electron chi connectivity index (χ0n) is 15.4. The van der Waals surface area contributed by atoms with Gasteiger partial charge in [-0.05, 0) is 48.9 Å². The number of fused-ring (bicyclic) bond motifs is 1. The molecule has 3 aromatic rings. The van der Waals surface area contributed by atoms with Gasteiger partial charge in [-0.3, -0.25) is 9.59 Å².